The maximum atomic E-state index is 12.3. The van der Waals surface area contributed by atoms with E-state index in [4.69, 9.17) is 11.6 Å². The summed E-state index contributed by atoms with van der Waals surface area (Å²) < 4.78 is 25.8. The molecule has 1 aliphatic heterocycles. The molecule has 1 saturated carbocycles. The summed E-state index contributed by atoms with van der Waals surface area (Å²) in [6.07, 6.45) is 3.01. The monoisotopic (exact) mass is 329 g/mol. The van der Waals surface area contributed by atoms with Crippen LogP contribution in [0.25, 0.3) is 0 Å². The predicted octanol–water partition coefficient (Wildman–Crippen LogP) is 0.985. The maximum absolute atomic E-state index is 12.3. The molecule has 114 valence electrons. The van der Waals surface area contributed by atoms with Crippen LogP contribution in [0.3, 0.4) is 0 Å². The van der Waals surface area contributed by atoms with Gasteiger partial charge in [-0.2, -0.15) is 4.31 Å². The lowest BCUT2D eigenvalue weighted by Gasteiger charge is -2.33. The number of hydrogen-bond donors (Lipinski definition) is 0. The molecule has 0 spiro atoms. The van der Waals surface area contributed by atoms with E-state index in [1.165, 1.54) is 16.6 Å². The minimum atomic E-state index is -3.15. The van der Waals surface area contributed by atoms with Gasteiger partial charge in [-0.3, -0.25) is 9.78 Å². The van der Waals surface area contributed by atoms with Gasteiger partial charge in [0.15, 0.2) is 0 Å². The molecule has 2 aliphatic rings. The van der Waals surface area contributed by atoms with Gasteiger partial charge in [-0.15, -0.1) is 0 Å². The third kappa shape index (κ3) is 3.04. The summed E-state index contributed by atoms with van der Waals surface area (Å²) in [5, 5.41) is 0.262. The molecule has 0 radical (unpaired) electrons. The van der Waals surface area contributed by atoms with Gasteiger partial charge in [-0.05, 0) is 25.0 Å². The number of sulfonamides is 1. The highest BCUT2D eigenvalue weighted by Crippen LogP contribution is 2.31. The summed E-state index contributed by atoms with van der Waals surface area (Å²) in [6, 6.07) is 3.13. The fourth-order valence-electron chi connectivity index (χ4n) is 2.41. The molecule has 1 saturated heterocycles. The average molecular weight is 330 g/mol. The van der Waals surface area contributed by atoms with Crippen LogP contribution in [0.5, 0.6) is 0 Å². The van der Waals surface area contributed by atoms with E-state index < -0.39 is 10.0 Å². The second-order valence-corrected chi connectivity index (χ2v) is 7.94. The van der Waals surface area contributed by atoms with Crippen LogP contribution < -0.4 is 0 Å². The number of aromatic nitrogens is 1. The first-order valence-electron chi connectivity index (χ1n) is 6.88. The van der Waals surface area contributed by atoms with Gasteiger partial charge in [0.1, 0.15) is 5.69 Å². The fraction of sp³-hybridized carbons (Fsp3) is 0.538. The van der Waals surface area contributed by atoms with E-state index in [9.17, 15) is 13.2 Å². The summed E-state index contributed by atoms with van der Waals surface area (Å²) in [4.78, 5) is 17.9. The van der Waals surface area contributed by atoms with E-state index in [0.29, 0.717) is 36.9 Å². The van der Waals surface area contributed by atoms with Crippen molar-refractivity contribution < 1.29 is 13.2 Å². The molecular formula is C13H16ClN3O3S. The zero-order valence-corrected chi connectivity index (χ0v) is 13.0. The van der Waals surface area contributed by atoms with Crippen molar-refractivity contribution in [2.24, 2.45) is 0 Å². The molecule has 1 aromatic rings. The summed E-state index contributed by atoms with van der Waals surface area (Å²) in [5.74, 6) is -0.207. The summed E-state index contributed by atoms with van der Waals surface area (Å²) in [7, 11) is -3.15. The van der Waals surface area contributed by atoms with Crippen molar-refractivity contribution in [3.63, 3.8) is 0 Å². The van der Waals surface area contributed by atoms with Crippen LogP contribution in [0, 0.1) is 0 Å². The zero-order valence-electron chi connectivity index (χ0n) is 11.4. The Morgan fingerprint density at radius 3 is 2.48 bits per heavy atom. The molecule has 1 aromatic heterocycles. The number of halogens is 1. The number of hydrogen-bond acceptors (Lipinski definition) is 4. The number of carbonyl (C=O) groups excluding carboxylic acids is 1. The number of pyridine rings is 1. The smallest absolute Gasteiger partial charge is 0.272 e. The molecule has 8 heteroatoms. The van der Waals surface area contributed by atoms with E-state index in [1.807, 2.05) is 0 Å². The van der Waals surface area contributed by atoms with Crippen LogP contribution in [0.1, 0.15) is 23.3 Å². The van der Waals surface area contributed by atoms with Gasteiger partial charge in [0.2, 0.25) is 10.0 Å². The van der Waals surface area contributed by atoms with Crippen molar-refractivity contribution in [3.05, 3.63) is 29.0 Å². The summed E-state index contributed by atoms with van der Waals surface area (Å²) >= 11 is 5.85. The molecule has 21 heavy (non-hydrogen) atoms. The zero-order chi connectivity index (χ0) is 15.0. The van der Waals surface area contributed by atoms with Crippen molar-refractivity contribution in [2.45, 2.75) is 18.1 Å². The van der Waals surface area contributed by atoms with Gasteiger partial charge in [0, 0.05) is 37.4 Å². The third-order valence-electron chi connectivity index (χ3n) is 3.77. The van der Waals surface area contributed by atoms with Crippen LogP contribution in [-0.2, 0) is 10.0 Å². The molecule has 0 bridgehead atoms. The third-order valence-corrected chi connectivity index (χ3v) is 6.41. The number of piperazine rings is 1. The lowest BCUT2D eigenvalue weighted by atomic mass is 10.3. The molecule has 2 heterocycles. The Balaban J connectivity index is 1.64. The van der Waals surface area contributed by atoms with Crippen LogP contribution in [0.4, 0.5) is 0 Å². The molecule has 2 fully saturated rings. The predicted molar refractivity (Wildman–Crippen MR) is 78.7 cm³/mol. The number of nitrogens with zero attached hydrogens (tertiary/aromatic N) is 3. The molecule has 0 atom stereocenters. The van der Waals surface area contributed by atoms with Gasteiger partial charge < -0.3 is 4.90 Å². The molecule has 0 unspecified atom stereocenters. The fourth-order valence-corrected chi connectivity index (χ4v) is 4.39. The SMILES string of the molecule is O=C(c1cc(Cl)ccn1)N1CCN(S(=O)(=O)C2CC2)CC1. The van der Waals surface area contributed by atoms with E-state index in [0.717, 1.165) is 12.8 Å². The van der Waals surface area contributed by atoms with Gasteiger partial charge in [0.05, 0.1) is 5.25 Å². The van der Waals surface area contributed by atoms with Gasteiger partial charge in [-0.25, -0.2) is 8.42 Å². The van der Waals surface area contributed by atoms with E-state index in [2.05, 4.69) is 4.98 Å². The Bertz CT molecular complexity index is 652. The van der Waals surface area contributed by atoms with Gasteiger partial charge in [-0.1, -0.05) is 11.6 Å². The standard InChI is InChI=1S/C13H16ClN3O3S/c14-10-3-4-15-12(9-10)13(18)16-5-7-17(8-6-16)21(19,20)11-1-2-11/h3-4,9,11H,1-2,5-8H2. The Labute approximate surface area is 128 Å². The van der Waals surface area contributed by atoms with Gasteiger partial charge >= 0.3 is 0 Å². The summed E-state index contributed by atoms with van der Waals surface area (Å²) in [6.45, 7) is 1.48. The van der Waals surface area contributed by atoms with Crippen molar-refractivity contribution in [3.8, 4) is 0 Å². The number of amides is 1. The van der Waals surface area contributed by atoms with Crippen LogP contribution in [0.15, 0.2) is 18.3 Å². The molecule has 3 rings (SSSR count). The molecular weight excluding hydrogens is 314 g/mol. The number of carbonyl (C=O) groups is 1. The van der Waals surface area contributed by atoms with E-state index in [1.54, 1.807) is 11.0 Å². The molecule has 1 aliphatic carbocycles. The normalized spacial score (nSPS) is 20.5. The lowest BCUT2D eigenvalue weighted by Crippen LogP contribution is -2.51. The minimum absolute atomic E-state index is 0.200. The van der Waals surface area contributed by atoms with Crippen molar-refractivity contribution >= 4 is 27.5 Å². The van der Waals surface area contributed by atoms with Crippen molar-refractivity contribution in [2.75, 3.05) is 26.2 Å². The molecule has 1 amide bonds. The highest BCUT2D eigenvalue weighted by atomic mass is 35.5. The lowest BCUT2D eigenvalue weighted by molar-refractivity contribution is 0.0692. The molecule has 0 N–H and O–H groups in total. The topological polar surface area (TPSA) is 70.6 Å². The minimum Gasteiger partial charge on any atom is -0.335 e. The van der Waals surface area contributed by atoms with E-state index in [-0.39, 0.29) is 11.2 Å². The Kier molecular flexibility index (Phi) is 3.90. The number of rotatable bonds is 3. The van der Waals surface area contributed by atoms with Crippen molar-refractivity contribution in [1.82, 2.24) is 14.2 Å². The van der Waals surface area contributed by atoms with Crippen LogP contribution in [0.2, 0.25) is 5.02 Å². The maximum Gasteiger partial charge on any atom is 0.272 e. The second kappa shape index (κ2) is 5.55. The first kappa shape index (κ1) is 14.7. The average Bonchev–Trinajstić information content (AvgIpc) is 3.32. The van der Waals surface area contributed by atoms with Gasteiger partial charge in [0.25, 0.3) is 5.91 Å². The first-order valence-corrected chi connectivity index (χ1v) is 8.76. The van der Waals surface area contributed by atoms with Crippen LogP contribution in [-0.4, -0.2) is 59.9 Å². The highest BCUT2D eigenvalue weighted by molar-refractivity contribution is 7.90. The first-order chi connectivity index (χ1) is 9.98. The Morgan fingerprint density at radius 2 is 1.90 bits per heavy atom. The second-order valence-electron chi connectivity index (χ2n) is 5.29. The Hall–Kier alpha value is -1.18. The van der Waals surface area contributed by atoms with Crippen LogP contribution >= 0.6 is 11.6 Å². The van der Waals surface area contributed by atoms with E-state index >= 15 is 0 Å². The highest BCUT2D eigenvalue weighted by Gasteiger charge is 2.41. The molecule has 6 nitrogen and oxygen atoms in total. The quantitative estimate of drug-likeness (QED) is 0.829. The van der Waals surface area contributed by atoms with Crippen molar-refractivity contribution in [1.29, 1.82) is 0 Å². The largest absolute Gasteiger partial charge is 0.335 e. The summed E-state index contributed by atoms with van der Waals surface area (Å²) in [5.41, 5.74) is 0.293. The molecule has 0 aromatic carbocycles. The Morgan fingerprint density at radius 1 is 1.24 bits per heavy atom.